The van der Waals surface area contributed by atoms with E-state index in [1.807, 2.05) is 0 Å². The van der Waals surface area contributed by atoms with Gasteiger partial charge in [0.2, 0.25) is 10.0 Å². The summed E-state index contributed by atoms with van der Waals surface area (Å²) >= 11 is 0. The Morgan fingerprint density at radius 3 is 2.63 bits per heavy atom. The minimum atomic E-state index is -3.70. The highest BCUT2D eigenvalue weighted by molar-refractivity contribution is 7.89. The van der Waals surface area contributed by atoms with Crippen molar-refractivity contribution in [2.45, 2.75) is 11.4 Å². The lowest BCUT2D eigenvalue weighted by Gasteiger charge is -2.06. The van der Waals surface area contributed by atoms with E-state index in [0.717, 1.165) is 0 Å². The van der Waals surface area contributed by atoms with Gasteiger partial charge in [-0.05, 0) is 12.1 Å². The number of aromatic nitrogens is 3. The van der Waals surface area contributed by atoms with Gasteiger partial charge in [0.25, 0.3) is 0 Å². The summed E-state index contributed by atoms with van der Waals surface area (Å²) in [7, 11) is -3.70. The number of sulfonamides is 1. The largest absolute Gasteiger partial charge is 0.396 e. The summed E-state index contributed by atoms with van der Waals surface area (Å²) in [4.78, 5) is 3.94. The van der Waals surface area contributed by atoms with Crippen LogP contribution in [-0.4, -0.2) is 29.7 Å². The van der Waals surface area contributed by atoms with E-state index in [4.69, 9.17) is 10.9 Å². The lowest BCUT2D eigenvalue weighted by atomic mass is 10.4. The molecule has 0 spiro atoms. The Morgan fingerprint density at radius 2 is 2.11 bits per heavy atom. The highest BCUT2D eigenvalue weighted by atomic mass is 32.2. The Kier molecular flexibility index (Phi) is 3.67. The molecule has 2 aromatic rings. The molecule has 0 aliphatic rings. The van der Waals surface area contributed by atoms with Crippen molar-refractivity contribution in [1.82, 2.24) is 14.8 Å². The molecule has 2 heterocycles. The first-order valence-electron chi connectivity index (χ1n) is 5.46. The molecule has 0 unspecified atom stereocenters. The van der Waals surface area contributed by atoms with E-state index >= 15 is 0 Å². The van der Waals surface area contributed by atoms with Crippen molar-refractivity contribution in [3.05, 3.63) is 30.7 Å². The molecule has 0 aliphatic heterocycles. The van der Waals surface area contributed by atoms with E-state index in [-0.39, 0.29) is 4.90 Å². The Bertz CT molecular complexity index is 649. The first-order chi connectivity index (χ1) is 8.95. The fourth-order valence-corrected chi connectivity index (χ4v) is 1.91. The first kappa shape index (κ1) is 13.3. The molecule has 2 rings (SSSR count). The maximum Gasteiger partial charge on any atom is 0.239 e. The number of pyridine rings is 1. The number of nitrogens with zero attached hydrogens (tertiary/aromatic N) is 3. The van der Waals surface area contributed by atoms with Gasteiger partial charge in [-0.15, -0.1) is 0 Å². The van der Waals surface area contributed by atoms with E-state index in [1.165, 1.54) is 12.3 Å². The second-order valence-corrected chi connectivity index (χ2v) is 5.45. The summed E-state index contributed by atoms with van der Waals surface area (Å²) in [5.74, 6) is 0.563. The fraction of sp³-hybridized carbons (Fsp3) is 0.200. The van der Waals surface area contributed by atoms with Crippen LogP contribution in [0.5, 0.6) is 0 Å². The number of nitrogens with two attached hydrogens (primary N) is 2. The molecule has 0 aliphatic carbocycles. The van der Waals surface area contributed by atoms with Gasteiger partial charge in [-0.25, -0.2) is 18.5 Å². The standard InChI is InChI=1S/C10H14N6O2S/c11-8-5-15-16(7-8)4-3-13-10-2-1-9(6-14-10)19(12,17)18/h1-2,5-7H,3-4,11H2,(H,13,14)(H2,12,17,18). The van der Waals surface area contributed by atoms with Crippen LogP contribution in [0.2, 0.25) is 0 Å². The zero-order chi connectivity index (χ0) is 13.9. The van der Waals surface area contributed by atoms with Gasteiger partial charge in [-0.2, -0.15) is 5.10 Å². The Balaban J connectivity index is 1.90. The molecule has 0 saturated carbocycles. The predicted molar refractivity (Wildman–Crippen MR) is 70.7 cm³/mol. The summed E-state index contributed by atoms with van der Waals surface area (Å²) in [6.45, 7) is 1.21. The molecule has 19 heavy (non-hydrogen) atoms. The molecule has 0 atom stereocenters. The zero-order valence-corrected chi connectivity index (χ0v) is 10.8. The van der Waals surface area contributed by atoms with E-state index in [1.54, 1.807) is 23.1 Å². The van der Waals surface area contributed by atoms with Crippen molar-refractivity contribution in [2.75, 3.05) is 17.6 Å². The van der Waals surface area contributed by atoms with Crippen molar-refractivity contribution >= 4 is 21.5 Å². The number of anilines is 2. The highest BCUT2D eigenvalue weighted by Crippen LogP contribution is 2.08. The molecular formula is C10H14N6O2S. The molecule has 0 aromatic carbocycles. The second-order valence-electron chi connectivity index (χ2n) is 3.89. The van der Waals surface area contributed by atoms with Crippen LogP contribution >= 0.6 is 0 Å². The van der Waals surface area contributed by atoms with E-state index in [0.29, 0.717) is 24.6 Å². The smallest absolute Gasteiger partial charge is 0.239 e. The van der Waals surface area contributed by atoms with Crippen LogP contribution in [0.25, 0.3) is 0 Å². The summed E-state index contributed by atoms with van der Waals surface area (Å²) in [5, 5.41) is 12.0. The van der Waals surface area contributed by atoms with E-state index in [9.17, 15) is 8.42 Å². The van der Waals surface area contributed by atoms with Gasteiger partial charge in [0.05, 0.1) is 18.4 Å². The van der Waals surface area contributed by atoms with Crippen LogP contribution in [0, 0.1) is 0 Å². The Morgan fingerprint density at radius 1 is 1.32 bits per heavy atom. The first-order valence-corrected chi connectivity index (χ1v) is 7.00. The zero-order valence-electron chi connectivity index (χ0n) is 10.0. The van der Waals surface area contributed by atoms with Gasteiger partial charge >= 0.3 is 0 Å². The van der Waals surface area contributed by atoms with Crippen LogP contribution < -0.4 is 16.2 Å². The second kappa shape index (κ2) is 5.24. The topological polar surface area (TPSA) is 129 Å². The van der Waals surface area contributed by atoms with Crippen LogP contribution in [0.4, 0.5) is 11.5 Å². The molecule has 0 bridgehead atoms. The summed E-state index contributed by atoms with van der Waals surface area (Å²) in [6, 6.07) is 2.95. The van der Waals surface area contributed by atoms with Gasteiger partial charge in [0.15, 0.2) is 0 Å². The van der Waals surface area contributed by atoms with Gasteiger partial charge in [-0.3, -0.25) is 4.68 Å². The van der Waals surface area contributed by atoms with E-state index < -0.39 is 10.0 Å². The van der Waals surface area contributed by atoms with Crippen LogP contribution in [-0.2, 0) is 16.6 Å². The maximum absolute atomic E-state index is 11.0. The molecule has 2 aromatic heterocycles. The molecule has 9 heteroatoms. The number of hydrogen-bond acceptors (Lipinski definition) is 6. The number of hydrogen-bond donors (Lipinski definition) is 3. The third-order valence-electron chi connectivity index (χ3n) is 2.37. The van der Waals surface area contributed by atoms with Crippen LogP contribution in [0.1, 0.15) is 0 Å². The average molecular weight is 282 g/mol. The fourth-order valence-electron chi connectivity index (χ4n) is 1.45. The molecular weight excluding hydrogens is 268 g/mol. The molecule has 0 radical (unpaired) electrons. The van der Waals surface area contributed by atoms with Crippen molar-refractivity contribution in [2.24, 2.45) is 5.14 Å². The summed E-state index contributed by atoms with van der Waals surface area (Å²) < 4.78 is 23.8. The molecule has 5 N–H and O–H groups in total. The van der Waals surface area contributed by atoms with Crippen molar-refractivity contribution in [3.8, 4) is 0 Å². The quantitative estimate of drug-likeness (QED) is 0.685. The third-order valence-corrected chi connectivity index (χ3v) is 3.26. The number of primary sulfonamides is 1. The minimum Gasteiger partial charge on any atom is -0.396 e. The lowest BCUT2D eigenvalue weighted by molar-refractivity contribution is 0.597. The molecule has 0 fully saturated rings. The normalized spacial score (nSPS) is 11.4. The molecule has 8 nitrogen and oxygen atoms in total. The van der Waals surface area contributed by atoms with Crippen molar-refractivity contribution < 1.29 is 8.42 Å². The van der Waals surface area contributed by atoms with Crippen LogP contribution in [0.15, 0.2) is 35.6 Å². The monoisotopic (exact) mass is 282 g/mol. The lowest BCUT2D eigenvalue weighted by Crippen LogP contribution is -2.14. The van der Waals surface area contributed by atoms with Crippen molar-refractivity contribution in [3.63, 3.8) is 0 Å². The molecule has 102 valence electrons. The summed E-state index contributed by atoms with van der Waals surface area (Å²) in [6.07, 6.45) is 4.50. The minimum absolute atomic E-state index is 0.0158. The maximum atomic E-state index is 11.0. The number of rotatable bonds is 5. The number of nitrogens with one attached hydrogen (secondary N) is 1. The average Bonchev–Trinajstić information content (AvgIpc) is 2.75. The molecule has 0 saturated heterocycles. The third kappa shape index (κ3) is 3.66. The van der Waals surface area contributed by atoms with Crippen LogP contribution in [0.3, 0.4) is 0 Å². The SMILES string of the molecule is Nc1cnn(CCNc2ccc(S(N)(=O)=O)cn2)c1. The van der Waals surface area contributed by atoms with Gasteiger partial charge in [-0.1, -0.05) is 0 Å². The Labute approximate surface area is 110 Å². The van der Waals surface area contributed by atoms with Gasteiger partial charge in [0, 0.05) is 18.9 Å². The summed E-state index contributed by atoms with van der Waals surface area (Å²) in [5.41, 5.74) is 6.14. The predicted octanol–water partition coefficient (Wildman–Crippen LogP) is -0.380. The van der Waals surface area contributed by atoms with E-state index in [2.05, 4.69) is 15.4 Å². The Hall–Kier alpha value is -2.13. The van der Waals surface area contributed by atoms with Crippen molar-refractivity contribution in [1.29, 1.82) is 0 Å². The highest BCUT2D eigenvalue weighted by Gasteiger charge is 2.07. The van der Waals surface area contributed by atoms with Gasteiger partial charge < -0.3 is 11.1 Å². The number of nitrogen functional groups attached to an aromatic ring is 1. The molecule has 0 amide bonds. The van der Waals surface area contributed by atoms with Gasteiger partial charge in [0.1, 0.15) is 10.7 Å².